The van der Waals surface area contributed by atoms with Crippen molar-refractivity contribution in [3.63, 3.8) is 0 Å². The van der Waals surface area contributed by atoms with Gasteiger partial charge in [0, 0.05) is 22.5 Å². The number of nitrogens with two attached hydrogens (primary N) is 1. The number of nitrogens with one attached hydrogen (secondary N) is 1. The van der Waals surface area contributed by atoms with Gasteiger partial charge in [-0.3, -0.25) is 5.10 Å². The molecule has 0 saturated carbocycles. The van der Waals surface area contributed by atoms with Crippen LogP contribution in [0.4, 0.5) is 5.69 Å². The number of H-pyrrole nitrogens is 1. The lowest BCUT2D eigenvalue weighted by molar-refractivity contribution is 0.0691. The molecule has 1 aromatic heterocycles. The normalized spacial score (nSPS) is 10.3. The molecule has 0 aliphatic heterocycles. The van der Waals surface area contributed by atoms with Crippen molar-refractivity contribution in [2.24, 2.45) is 0 Å². The zero-order chi connectivity index (χ0) is 11.7. The third-order valence-electron chi connectivity index (χ3n) is 2.38. The van der Waals surface area contributed by atoms with E-state index in [1.54, 1.807) is 25.1 Å². The molecule has 0 aliphatic carbocycles. The zero-order valence-electron chi connectivity index (χ0n) is 8.69. The number of aromatic carboxylic acids is 1. The van der Waals surface area contributed by atoms with Crippen molar-refractivity contribution >= 4 is 11.7 Å². The number of nitrogens with zero attached hydrogens (tertiary/aromatic N) is 1. The van der Waals surface area contributed by atoms with Crippen LogP contribution in [0, 0.1) is 6.92 Å². The second kappa shape index (κ2) is 3.69. The molecule has 0 unspecified atom stereocenters. The van der Waals surface area contributed by atoms with E-state index in [0.29, 0.717) is 22.5 Å². The van der Waals surface area contributed by atoms with Crippen LogP contribution in [-0.4, -0.2) is 21.3 Å². The average Bonchev–Trinajstić information content (AvgIpc) is 2.61. The Balaban J connectivity index is 2.68. The van der Waals surface area contributed by atoms with Crippen molar-refractivity contribution in [1.29, 1.82) is 0 Å². The number of hydrogen-bond acceptors (Lipinski definition) is 3. The van der Waals surface area contributed by atoms with Crippen LogP contribution in [0.25, 0.3) is 11.1 Å². The van der Waals surface area contributed by atoms with Gasteiger partial charge in [0.2, 0.25) is 0 Å². The van der Waals surface area contributed by atoms with Gasteiger partial charge in [-0.2, -0.15) is 5.10 Å². The van der Waals surface area contributed by atoms with E-state index < -0.39 is 5.97 Å². The van der Waals surface area contributed by atoms with Crippen molar-refractivity contribution in [3.8, 4) is 11.1 Å². The van der Waals surface area contributed by atoms with Gasteiger partial charge in [0.25, 0.3) is 0 Å². The zero-order valence-corrected chi connectivity index (χ0v) is 8.69. The summed E-state index contributed by atoms with van der Waals surface area (Å²) in [5, 5.41) is 15.4. The summed E-state index contributed by atoms with van der Waals surface area (Å²) >= 11 is 0. The number of nitrogen functional groups attached to an aromatic ring is 1. The van der Waals surface area contributed by atoms with Crippen molar-refractivity contribution in [2.75, 3.05) is 5.73 Å². The number of hydrogen-bond donors (Lipinski definition) is 3. The Labute approximate surface area is 91.9 Å². The second-order valence-electron chi connectivity index (χ2n) is 3.46. The molecule has 1 heterocycles. The standard InChI is InChI=1S/C11H11N3O2/c1-6-9(10(11(15)16)14-13-6)7-4-2-3-5-8(7)12/h2-5H,12H2,1H3,(H,13,14)(H,15,16). The van der Waals surface area contributed by atoms with E-state index in [9.17, 15) is 4.79 Å². The van der Waals surface area contributed by atoms with E-state index in [1.807, 2.05) is 6.07 Å². The molecule has 5 heteroatoms. The lowest BCUT2D eigenvalue weighted by Gasteiger charge is -2.04. The Hall–Kier alpha value is -2.30. The highest BCUT2D eigenvalue weighted by molar-refractivity contribution is 5.96. The van der Waals surface area contributed by atoms with Crippen molar-refractivity contribution in [3.05, 3.63) is 35.7 Å². The molecule has 0 saturated heterocycles. The van der Waals surface area contributed by atoms with Gasteiger partial charge in [-0.1, -0.05) is 18.2 Å². The van der Waals surface area contributed by atoms with Crippen LogP contribution in [0.15, 0.2) is 24.3 Å². The first-order valence-corrected chi connectivity index (χ1v) is 4.74. The first-order chi connectivity index (χ1) is 7.61. The van der Waals surface area contributed by atoms with Crippen LogP contribution in [-0.2, 0) is 0 Å². The summed E-state index contributed by atoms with van der Waals surface area (Å²) in [5.41, 5.74) is 8.27. The summed E-state index contributed by atoms with van der Waals surface area (Å²) in [7, 11) is 0. The largest absolute Gasteiger partial charge is 0.476 e. The summed E-state index contributed by atoms with van der Waals surface area (Å²) in [6, 6.07) is 7.12. The van der Waals surface area contributed by atoms with E-state index in [4.69, 9.17) is 10.8 Å². The van der Waals surface area contributed by atoms with E-state index in [-0.39, 0.29) is 5.69 Å². The minimum Gasteiger partial charge on any atom is -0.476 e. The molecule has 82 valence electrons. The highest BCUT2D eigenvalue weighted by Gasteiger charge is 2.19. The van der Waals surface area contributed by atoms with Gasteiger partial charge in [0.05, 0.1) is 0 Å². The monoisotopic (exact) mass is 217 g/mol. The molecule has 2 aromatic rings. The van der Waals surface area contributed by atoms with Crippen molar-refractivity contribution < 1.29 is 9.90 Å². The number of aromatic nitrogens is 2. The SMILES string of the molecule is Cc1[nH]nc(C(=O)O)c1-c1ccccc1N. The smallest absolute Gasteiger partial charge is 0.357 e. The lowest BCUT2D eigenvalue weighted by Crippen LogP contribution is -2.00. The number of aryl methyl sites for hydroxylation is 1. The van der Waals surface area contributed by atoms with Gasteiger partial charge < -0.3 is 10.8 Å². The summed E-state index contributed by atoms with van der Waals surface area (Å²) in [5.74, 6) is -1.07. The topological polar surface area (TPSA) is 92.0 Å². The molecular weight excluding hydrogens is 206 g/mol. The molecule has 0 aliphatic rings. The van der Waals surface area contributed by atoms with Gasteiger partial charge >= 0.3 is 5.97 Å². The molecule has 5 nitrogen and oxygen atoms in total. The number of rotatable bonds is 2. The summed E-state index contributed by atoms with van der Waals surface area (Å²) in [4.78, 5) is 11.0. The number of carboxylic acid groups (broad SMARTS) is 1. The van der Waals surface area contributed by atoms with Crippen LogP contribution in [0.2, 0.25) is 0 Å². The van der Waals surface area contributed by atoms with Crippen LogP contribution in [0.1, 0.15) is 16.2 Å². The molecule has 16 heavy (non-hydrogen) atoms. The Kier molecular flexibility index (Phi) is 2.36. The van der Waals surface area contributed by atoms with Gasteiger partial charge in [-0.05, 0) is 13.0 Å². The average molecular weight is 217 g/mol. The number of para-hydroxylation sites is 1. The van der Waals surface area contributed by atoms with Crippen LogP contribution in [0.3, 0.4) is 0 Å². The number of anilines is 1. The van der Waals surface area contributed by atoms with Crippen LogP contribution in [0.5, 0.6) is 0 Å². The minimum absolute atomic E-state index is 0.00426. The van der Waals surface area contributed by atoms with Crippen LogP contribution >= 0.6 is 0 Å². The number of benzene rings is 1. The first-order valence-electron chi connectivity index (χ1n) is 4.74. The Bertz CT molecular complexity index is 546. The molecule has 4 N–H and O–H groups in total. The van der Waals surface area contributed by atoms with Crippen LogP contribution < -0.4 is 5.73 Å². The number of carbonyl (C=O) groups is 1. The molecule has 0 fully saturated rings. The van der Waals surface area contributed by atoms with E-state index in [0.717, 1.165) is 0 Å². The van der Waals surface area contributed by atoms with Crippen molar-refractivity contribution in [2.45, 2.75) is 6.92 Å². The molecule has 1 aromatic carbocycles. The number of carboxylic acids is 1. The fraction of sp³-hybridized carbons (Fsp3) is 0.0909. The molecular formula is C11H11N3O2. The maximum absolute atomic E-state index is 11.0. The number of aromatic amines is 1. The summed E-state index contributed by atoms with van der Waals surface area (Å²) in [6.45, 7) is 1.77. The molecule has 0 atom stereocenters. The quantitative estimate of drug-likeness (QED) is 0.667. The van der Waals surface area contributed by atoms with E-state index >= 15 is 0 Å². The van der Waals surface area contributed by atoms with Gasteiger partial charge in [-0.15, -0.1) is 0 Å². The Morgan fingerprint density at radius 1 is 1.44 bits per heavy atom. The predicted octanol–water partition coefficient (Wildman–Crippen LogP) is 1.67. The third-order valence-corrected chi connectivity index (χ3v) is 2.38. The fourth-order valence-electron chi connectivity index (χ4n) is 1.64. The Morgan fingerprint density at radius 2 is 2.12 bits per heavy atom. The second-order valence-corrected chi connectivity index (χ2v) is 3.46. The van der Waals surface area contributed by atoms with E-state index in [1.165, 1.54) is 0 Å². The van der Waals surface area contributed by atoms with E-state index in [2.05, 4.69) is 10.2 Å². The lowest BCUT2D eigenvalue weighted by atomic mass is 10.0. The molecule has 0 spiro atoms. The summed E-state index contributed by atoms with van der Waals surface area (Å²) in [6.07, 6.45) is 0. The third kappa shape index (κ3) is 1.52. The van der Waals surface area contributed by atoms with Crippen molar-refractivity contribution in [1.82, 2.24) is 10.2 Å². The highest BCUT2D eigenvalue weighted by atomic mass is 16.4. The Morgan fingerprint density at radius 3 is 2.75 bits per heavy atom. The molecule has 0 radical (unpaired) electrons. The van der Waals surface area contributed by atoms with Gasteiger partial charge in [0.15, 0.2) is 5.69 Å². The van der Waals surface area contributed by atoms with Gasteiger partial charge in [0.1, 0.15) is 0 Å². The fourth-order valence-corrected chi connectivity index (χ4v) is 1.64. The summed E-state index contributed by atoms with van der Waals surface area (Å²) < 4.78 is 0. The molecule has 0 amide bonds. The maximum Gasteiger partial charge on any atom is 0.357 e. The first kappa shape index (κ1) is 10.2. The molecule has 0 bridgehead atoms. The highest BCUT2D eigenvalue weighted by Crippen LogP contribution is 2.30. The minimum atomic E-state index is -1.07. The van der Waals surface area contributed by atoms with Gasteiger partial charge in [-0.25, -0.2) is 4.79 Å². The maximum atomic E-state index is 11.0. The molecule has 2 rings (SSSR count). The predicted molar refractivity (Wildman–Crippen MR) is 60.1 cm³/mol.